The molecule has 0 aromatic heterocycles. The Morgan fingerprint density at radius 1 is 1.16 bits per heavy atom. The summed E-state index contributed by atoms with van der Waals surface area (Å²) in [5.74, 6) is -0.299. The Kier molecular flexibility index (Phi) is 6.15. The van der Waals surface area contributed by atoms with Gasteiger partial charge < -0.3 is 14.4 Å². The van der Waals surface area contributed by atoms with Gasteiger partial charge in [0.2, 0.25) is 11.8 Å². The van der Waals surface area contributed by atoms with E-state index < -0.39 is 17.4 Å². The van der Waals surface area contributed by atoms with Gasteiger partial charge in [-0.05, 0) is 18.9 Å². The van der Waals surface area contributed by atoms with E-state index in [9.17, 15) is 14.4 Å². The first-order valence-electron chi connectivity index (χ1n) is 10.6. The lowest BCUT2D eigenvalue weighted by Gasteiger charge is -2.45. The molecule has 9 heteroatoms. The molecule has 3 heterocycles. The Morgan fingerprint density at radius 3 is 2.61 bits per heavy atom. The highest BCUT2D eigenvalue weighted by molar-refractivity contribution is 5.88. The summed E-state index contributed by atoms with van der Waals surface area (Å²) in [6.07, 6.45) is 1.02. The van der Waals surface area contributed by atoms with Crippen LogP contribution in [0.3, 0.4) is 0 Å². The summed E-state index contributed by atoms with van der Waals surface area (Å²) < 4.78 is 10.7. The number of hydrogen-bond donors (Lipinski definition) is 0. The number of ether oxygens (including phenoxy) is 2. The molecule has 2 fully saturated rings. The average molecular weight is 431 g/mol. The Bertz CT molecular complexity index is 849. The summed E-state index contributed by atoms with van der Waals surface area (Å²) in [6, 6.07) is 7.89. The van der Waals surface area contributed by atoms with Crippen LogP contribution in [0.4, 0.5) is 0 Å². The first-order valence-corrected chi connectivity index (χ1v) is 10.6. The number of hydroxylamine groups is 2. The molecule has 9 nitrogen and oxygen atoms in total. The van der Waals surface area contributed by atoms with Gasteiger partial charge in [0.1, 0.15) is 12.4 Å². The quantitative estimate of drug-likeness (QED) is 0.653. The Hall–Kier alpha value is -2.65. The highest BCUT2D eigenvalue weighted by atomic mass is 16.7. The zero-order valence-electron chi connectivity index (χ0n) is 18.0. The van der Waals surface area contributed by atoms with Gasteiger partial charge in [-0.3, -0.25) is 24.1 Å². The number of fused-ring (bicyclic) bond motifs is 1. The molecule has 1 aromatic carbocycles. The van der Waals surface area contributed by atoms with Crippen molar-refractivity contribution in [3.8, 4) is 5.75 Å². The van der Waals surface area contributed by atoms with E-state index in [0.29, 0.717) is 52.2 Å². The molecule has 0 radical (unpaired) electrons. The van der Waals surface area contributed by atoms with E-state index in [1.54, 1.807) is 0 Å². The summed E-state index contributed by atoms with van der Waals surface area (Å²) in [6.45, 7) is 3.10. The molecule has 0 aliphatic carbocycles. The van der Waals surface area contributed by atoms with Gasteiger partial charge in [0.25, 0.3) is 0 Å². The van der Waals surface area contributed by atoms with Crippen LogP contribution in [0.5, 0.6) is 5.75 Å². The van der Waals surface area contributed by atoms with Crippen LogP contribution in [0.1, 0.15) is 24.8 Å². The maximum absolute atomic E-state index is 13.0. The number of benzene rings is 1. The van der Waals surface area contributed by atoms with Crippen molar-refractivity contribution in [1.29, 1.82) is 0 Å². The minimum Gasteiger partial charge on any atom is -0.492 e. The molecule has 2 saturated heterocycles. The van der Waals surface area contributed by atoms with Crippen LogP contribution in [-0.4, -0.2) is 85.2 Å². The minimum atomic E-state index is -0.759. The molecule has 2 amide bonds. The second kappa shape index (κ2) is 8.84. The standard InChI is InChI=1S/C22H29N3O6/c1-29-21(28)17-13-19(26)25(30-2)22(17)7-9-24(10-8-22)20(27)15-23-11-12-31-18-6-4-3-5-16(18)14-23/h3-6,17H,7-15H2,1-2H3. The molecule has 4 rings (SSSR count). The number of para-hydroxylation sites is 1. The van der Waals surface area contributed by atoms with E-state index in [1.165, 1.54) is 19.3 Å². The van der Waals surface area contributed by atoms with Crippen LogP contribution < -0.4 is 4.74 Å². The van der Waals surface area contributed by atoms with Crippen molar-refractivity contribution in [3.63, 3.8) is 0 Å². The second-order valence-electron chi connectivity index (χ2n) is 8.30. The smallest absolute Gasteiger partial charge is 0.311 e. The van der Waals surface area contributed by atoms with Gasteiger partial charge in [-0.1, -0.05) is 18.2 Å². The zero-order chi connectivity index (χ0) is 22.0. The highest BCUT2D eigenvalue weighted by Gasteiger charge is 2.58. The number of hydrogen-bond acceptors (Lipinski definition) is 7. The molecule has 3 aliphatic rings. The maximum atomic E-state index is 13.0. The molecule has 3 aliphatic heterocycles. The number of rotatable bonds is 4. The van der Waals surface area contributed by atoms with Gasteiger partial charge >= 0.3 is 5.97 Å². The van der Waals surface area contributed by atoms with Crippen molar-refractivity contribution in [1.82, 2.24) is 14.9 Å². The fraction of sp³-hybridized carbons (Fsp3) is 0.591. The van der Waals surface area contributed by atoms with Crippen LogP contribution in [0.25, 0.3) is 0 Å². The normalized spacial score (nSPS) is 23.3. The third kappa shape index (κ3) is 3.99. The van der Waals surface area contributed by atoms with E-state index in [-0.39, 0.29) is 18.2 Å². The van der Waals surface area contributed by atoms with Gasteiger partial charge in [0.05, 0.1) is 32.2 Å². The highest BCUT2D eigenvalue weighted by Crippen LogP contribution is 2.44. The van der Waals surface area contributed by atoms with Crippen LogP contribution in [0.15, 0.2) is 24.3 Å². The van der Waals surface area contributed by atoms with Crippen molar-refractivity contribution < 1.29 is 28.7 Å². The molecule has 1 unspecified atom stereocenters. The third-order valence-electron chi connectivity index (χ3n) is 6.70. The number of likely N-dealkylation sites (tertiary alicyclic amines) is 1. The topological polar surface area (TPSA) is 88.6 Å². The number of esters is 1. The predicted octanol–water partition coefficient (Wildman–Crippen LogP) is 0.825. The lowest BCUT2D eigenvalue weighted by Crippen LogP contribution is -2.58. The van der Waals surface area contributed by atoms with Gasteiger partial charge in [0, 0.05) is 38.2 Å². The van der Waals surface area contributed by atoms with E-state index in [4.69, 9.17) is 14.3 Å². The van der Waals surface area contributed by atoms with Crippen molar-refractivity contribution in [2.24, 2.45) is 5.92 Å². The van der Waals surface area contributed by atoms with Crippen molar-refractivity contribution in [2.75, 3.05) is 47.0 Å². The van der Waals surface area contributed by atoms with E-state index in [0.717, 1.165) is 11.3 Å². The molecule has 0 saturated carbocycles. The number of carbonyl (C=O) groups excluding carboxylic acids is 3. The first-order chi connectivity index (χ1) is 15.0. The molecular weight excluding hydrogens is 402 g/mol. The number of carbonyl (C=O) groups is 3. The molecule has 31 heavy (non-hydrogen) atoms. The van der Waals surface area contributed by atoms with E-state index in [2.05, 4.69) is 4.90 Å². The number of piperidine rings is 1. The van der Waals surface area contributed by atoms with E-state index in [1.807, 2.05) is 29.2 Å². The Labute approximate surface area is 181 Å². The van der Waals surface area contributed by atoms with Crippen molar-refractivity contribution in [3.05, 3.63) is 29.8 Å². The van der Waals surface area contributed by atoms with Gasteiger partial charge in [0.15, 0.2) is 0 Å². The lowest BCUT2D eigenvalue weighted by atomic mass is 9.77. The molecule has 168 valence electrons. The average Bonchev–Trinajstić information content (AvgIpc) is 2.91. The zero-order valence-corrected chi connectivity index (χ0v) is 18.0. The van der Waals surface area contributed by atoms with Gasteiger partial charge in [-0.2, -0.15) is 0 Å². The maximum Gasteiger partial charge on any atom is 0.311 e. The number of amides is 2. The van der Waals surface area contributed by atoms with Crippen molar-refractivity contribution in [2.45, 2.75) is 31.3 Å². The molecule has 1 aromatic rings. The summed E-state index contributed by atoms with van der Waals surface area (Å²) in [4.78, 5) is 47.0. The second-order valence-corrected chi connectivity index (χ2v) is 8.30. The fourth-order valence-electron chi connectivity index (χ4n) is 5.07. The van der Waals surface area contributed by atoms with Crippen molar-refractivity contribution >= 4 is 17.8 Å². The van der Waals surface area contributed by atoms with Crippen LogP contribution in [0, 0.1) is 5.92 Å². The Morgan fingerprint density at radius 2 is 1.90 bits per heavy atom. The molecule has 0 bridgehead atoms. The number of methoxy groups -OCH3 is 1. The van der Waals surface area contributed by atoms with Gasteiger partial charge in [-0.15, -0.1) is 0 Å². The number of nitrogens with zero attached hydrogens (tertiary/aromatic N) is 3. The summed E-state index contributed by atoms with van der Waals surface area (Å²) in [5, 5.41) is 1.33. The lowest BCUT2D eigenvalue weighted by molar-refractivity contribution is -0.210. The monoisotopic (exact) mass is 431 g/mol. The fourth-order valence-corrected chi connectivity index (χ4v) is 5.07. The Balaban J connectivity index is 1.40. The predicted molar refractivity (Wildman–Crippen MR) is 110 cm³/mol. The molecule has 1 atom stereocenters. The summed E-state index contributed by atoms with van der Waals surface area (Å²) >= 11 is 0. The largest absolute Gasteiger partial charge is 0.492 e. The SMILES string of the molecule is COC(=O)C1CC(=O)N(OC)C12CCN(C(=O)CN1CCOc3ccccc3C1)CC2. The third-order valence-corrected chi connectivity index (χ3v) is 6.70. The summed E-state index contributed by atoms with van der Waals surface area (Å²) in [5.41, 5.74) is 0.317. The molecular formula is C22H29N3O6. The van der Waals surface area contributed by atoms with E-state index >= 15 is 0 Å². The summed E-state index contributed by atoms with van der Waals surface area (Å²) in [7, 11) is 2.77. The minimum absolute atomic E-state index is 0.0390. The first kappa shape index (κ1) is 21.6. The van der Waals surface area contributed by atoms with Crippen LogP contribution >= 0.6 is 0 Å². The molecule has 0 N–H and O–H groups in total. The van der Waals surface area contributed by atoms with Gasteiger partial charge in [-0.25, -0.2) is 5.06 Å². The van der Waals surface area contributed by atoms with Crippen LogP contribution in [0.2, 0.25) is 0 Å². The van der Waals surface area contributed by atoms with Crippen LogP contribution in [-0.2, 0) is 30.5 Å². The molecule has 1 spiro atoms.